The van der Waals surface area contributed by atoms with Gasteiger partial charge in [-0.2, -0.15) is 5.10 Å². The highest BCUT2D eigenvalue weighted by Gasteiger charge is 2.14. The number of hydrogen-bond acceptors (Lipinski definition) is 3. The van der Waals surface area contributed by atoms with Crippen molar-refractivity contribution in [3.63, 3.8) is 0 Å². The number of aromatic nitrogens is 2. The van der Waals surface area contributed by atoms with Gasteiger partial charge in [-0.15, -0.1) is 0 Å². The van der Waals surface area contributed by atoms with Crippen LogP contribution < -0.4 is 11.3 Å². The van der Waals surface area contributed by atoms with Crippen molar-refractivity contribution in [3.05, 3.63) is 52.8 Å². The average Bonchev–Trinajstić information content (AvgIpc) is 2.72. The molecule has 0 aliphatic rings. The molecule has 1 unspecified atom stereocenters. The van der Waals surface area contributed by atoms with E-state index in [9.17, 15) is 0 Å². The summed E-state index contributed by atoms with van der Waals surface area (Å²) in [6.07, 6.45) is 2.74. The second-order valence-corrected chi connectivity index (χ2v) is 4.76. The first-order valence-electron chi connectivity index (χ1n) is 6.12. The van der Waals surface area contributed by atoms with Crippen molar-refractivity contribution in [2.45, 2.75) is 26.3 Å². The van der Waals surface area contributed by atoms with Crippen LogP contribution in [0.25, 0.3) is 0 Å². The van der Waals surface area contributed by atoms with Crippen LogP contribution >= 0.6 is 0 Å². The Morgan fingerprint density at radius 1 is 1.33 bits per heavy atom. The molecule has 0 spiro atoms. The molecule has 1 atom stereocenters. The quantitative estimate of drug-likeness (QED) is 0.637. The normalized spacial score (nSPS) is 12.7. The Balaban J connectivity index is 2.22. The van der Waals surface area contributed by atoms with Crippen LogP contribution in [0.5, 0.6) is 0 Å². The van der Waals surface area contributed by atoms with E-state index in [1.165, 1.54) is 16.7 Å². The minimum Gasteiger partial charge on any atom is -0.276 e. The Kier molecular flexibility index (Phi) is 3.79. The molecule has 0 radical (unpaired) electrons. The van der Waals surface area contributed by atoms with Crippen LogP contribution in [-0.4, -0.2) is 9.78 Å². The topological polar surface area (TPSA) is 55.9 Å². The monoisotopic (exact) mass is 244 g/mol. The van der Waals surface area contributed by atoms with Gasteiger partial charge in [0.15, 0.2) is 0 Å². The predicted molar refractivity (Wildman–Crippen MR) is 72.9 cm³/mol. The smallest absolute Gasteiger partial charge is 0.0643 e. The molecule has 4 heteroatoms. The standard InChI is InChI=1S/C14H20N4/c1-10-4-5-13(11(2)8-10)14(16-15)9-12-6-7-18(3)17-12/h4-8,14,16H,9,15H2,1-3H3. The molecule has 96 valence electrons. The number of nitrogens with one attached hydrogen (secondary N) is 1. The fourth-order valence-corrected chi connectivity index (χ4v) is 2.26. The van der Waals surface area contributed by atoms with E-state index in [4.69, 9.17) is 5.84 Å². The van der Waals surface area contributed by atoms with Gasteiger partial charge in [0.05, 0.1) is 11.7 Å². The molecular weight excluding hydrogens is 224 g/mol. The van der Waals surface area contributed by atoms with Crippen molar-refractivity contribution in [1.82, 2.24) is 15.2 Å². The lowest BCUT2D eigenvalue weighted by atomic mass is 9.96. The molecule has 1 aromatic carbocycles. The minimum absolute atomic E-state index is 0.0977. The van der Waals surface area contributed by atoms with Gasteiger partial charge in [0, 0.05) is 19.7 Å². The molecule has 0 amide bonds. The highest BCUT2D eigenvalue weighted by atomic mass is 15.3. The van der Waals surface area contributed by atoms with Crippen molar-refractivity contribution in [2.75, 3.05) is 0 Å². The van der Waals surface area contributed by atoms with E-state index in [0.717, 1.165) is 12.1 Å². The summed E-state index contributed by atoms with van der Waals surface area (Å²) in [5.74, 6) is 5.68. The predicted octanol–water partition coefficient (Wildman–Crippen LogP) is 1.78. The van der Waals surface area contributed by atoms with Gasteiger partial charge in [0.2, 0.25) is 0 Å². The molecule has 2 rings (SSSR count). The van der Waals surface area contributed by atoms with Gasteiger partial charge in [0.1, 0.15) is 0 Å². The Hall–Kier alpha value is -1.65. The van der Waals surface area contributed by atoms with Crippen LogP contribution in [0, 0.1) is 13.8 Å². The van der Waals surface area contributed by atoms with Crippen molar-refractivity contribution < 1.29 is 0 Å². The van der Waals surface area contributed by atoms with Gasteiger partial charge in [-0.3, -0.25) is 16.0 Å². The highest BCUT2D eigenvalue weighted by Crippen LogP contribution is 2.21. The first kappa shape index (κ1) is 12.8. The zero-order valence-electron chi connectivity index (χ0n) is 11.1. The van der Waals surface area contributed by atoms with Gasteiger partial charge in [-0.05, 0) is 31.0 Å². The summed E-state index contributed by atoms with van der Waals surface area (Å²) in [4.78, 5) is 0. The van der Waals surface area contributed by atoms with E-state index in [0.29, 0.717) is 0 Å². The molecule has 3 N–H and O–H groups in total. The van der Waals surface area contributed by atoms with Gasteiger partial charge in [-0.25, -0.2) is 0 Å². The number of hydrogen-bond donors (Lipinski definition) is 2. The summed E-state index contributed by atoms with van der Waals surface area (Å²) >= 11 is 0. The van der Waals surface area contributed by atoms with Crippen LogP contribution in [0.15, 0.2) is 30.5 Å². The lowest BCUT2D eigenvalue weighted by molar-refractivity contribution is 0.539. The number of nitrogens with zero attached hydrogens (tertiary/aromatic N) is 2. The SMILES string of the molecule is Cc1ccc(C(Cc2ccn(C)n2)NN)c(C)c1. The Bertz CT molecular complexity index is 530. The summed E-state index contributed by atoms with van der Waals surface area (Å²) in [6, 6.07) is 8.55. The largest absolute Gasteiger partial charge is 0.276 e. The first-order chi connectivity index (χ1) is 8.60. The maximum absolute atomic E-state index is 5.68. The number of nitrogens with two attached hydrogens (primary N) is 1. The molecule has 0 aliphatic heterocycles. The van der Waals surface area contributed by atoms with E-state index < -0.39 is 0 Å². The van der Waals surface area contributed by atoms with Gasteiger partial charge >= 0.3 is 0 Å². The average molecular weight is 244 g/mol. The molecule has 0 fully saturated rings. The number of hydrazine groups is 1. The second-order valence-electron chi connectivity index (χ2n) is 4.76. The molecule has 0 saturated carbocycles. The fraction of sp³-hybridized carbons (Fsp3) is 0.357. The molecule has 2 aromatic rings. The van der Waals surface area contributed by atoms with Crippen LogP contribution in [0.1, 0.15) is 28.4 Å². The second kappa shape index (κ2) is 5.33. The highest BCUT2D eigenvalue weighted by molar-refractivity contribution is 5.33. The van der Waals surface area contributed by atoms with Crippen LogP contribution in [-0.2, 0) is 13.5 Å². The molecule has 0 saturated heterocycles. The van der Waals surface area contributed by atoms with Crippen molar-refractivity contribution >= 4 is 0 Å². The number of benzene rings is 1. The zero-order valence-corrected chi connectivity index (χ0v) is 11.1. The molecule has 4 nitrogen and oxygen atoms in total. The van der Waals surface area contributed by atoms with Crippen LogP contribution in [0.4, 0.5) is 0 Å². The van der Waals surface area contributed by atoms with Crippen LogP contribution in [0.3, 0.4) is 0 Å². The molecule has 1 aromatic heterocycles. The van der Waals surface area contributed by atoms with Crippen molar-refractivity contribution in [2.24, 2.45) is 12.9 Å². The number of aryl methyl sites for hydroxylation is 3. The minimum atomic E-state index is 0.0977. The van der Waals surface area contributed by atoms with E-state index in [2.05, 4.69) is 42.6 Å². The summed E-state index contributed by atoms with van der Waals surface area (Å²) in [7, 11) is 1.92. The molecular formula is C14H20N4. The van der Waals surface area contributed by atoms with Gasteiger partial charge in [0.25, 0.3) is 0 Å². The third-order valence-electron chi connectivity index (χ3n) is 3.18. The molecule has 18 heavy (non-hydrogen) atoms. The van der Waals surface area contributed by atoms with Crippen molar-refractivity contribution in [3.8, 4) is 0 Å². The van der Waals surface area contributed by atoms with Gasteiger partial charge in [-0.1, -0.05) is 23.8 Å². The lowest BCUT2D eigenvalue weighted by Crippen LogP contribution is -2.30. The third kappa shape index (κ3) is 2.78. The van der Waals surface area contributed by atoms with E-state index in [-0.39, 0.29) is 6.04 Å². The van der Waals surface area contributed by atoms with Gasteiger partial charge < -0.3 is 0 Å². The third-order valence-corrected chi connectivity index (χ3v) is 3.18. The molecule has 1 heterocycles. The van der Waals surface area contributed by atoms with E-state index >= 15 is 0 Å². The summed E-state index contributed by atoms with van der Waals surface area (Å²) in [6.45, 7) is 4.21. The maximum atomic E-state index is 5.68. The maximum Gasteiger partial charge on any atom is 0.0643 e. The number of rotatable bonds is 4. The Morgan fingerprint density at radius 2 is 2.11 bits per heavy atom. The zero-order chi connectivity index (χ0) is 13.1. The Labute approximate surface area is 108 Å². The van der Waals surface area contributed by atoms with E-state index in [1.807, 2.05) is 24.0 Å². The van der Waals surface area contributed by atoms with Crippen molar-refractivity contribution in [1.29, 1.82) is 0 Å². The lowest BCUT2D eigenvalue weighted by Gasteiger charge is -2.18. The molecule has 0 aliphatic carbocycles. The first-order valence-corrected chi connectivity index (χ1v) is 6.12. The summed E-state index contributed by atoms with van der Waals surface area (Å²) in [5, 5.41) is 4.39. The Morgan fingerprint density at radius 3 is 2.67 bits per heavy atom. The van der Waals surface area contributed by atoms with Crippen LogP contribution in [0.2, 0.25) is 0 Å². The fourth-order valence-electron chi connectivity index (χ4n) is 2.26. The summed E-state index contributed by atoms with van der Waals surface area (Å²) < 4.78 is 1.81. The molecule has 0 bridgehead atoms. The van der Waals surface area contributed by atoms with E-state index in [1.54, 1.807) is 0 Å². The summed E-state index contributed by atoms with van der Waals surface area (Å²) in [5.41, 5.74) is 7.69.